The number of halogens is 1. The first-order valence-electron chi connectivity index (χ1n) is 6.84. The third-order valence-electron chi connectivity index (χ3n) is 3.30. The van der Waals surface area contributed by atoms with E-state index in [2.05, 4.69) is 9.46 Å². The summed E-state index contributed by atoms with van der Waals surface area (Å²) in [6.45, 7) is 1.47. The molecule has 0 amide bonds. The lowest BCUT2D eigenvalue weighted by Gasteiger charge is -2.13. The zero-order valence-corrected chi connectivity index (χ0v) is 14.1. The lowest BCUT2D eigenvalue weighted by atomic mass is 10.2. The van der Waals surface area contributed by atoms with E-state index in [0.717, 1.165) is 12.1 Å². The first-order chi connectivity index (χ1) is 11.3. The summed E-state index contributed by atoms with van der Waals surface area (Å²) in [5.41, 5.74) is 0.432. The molecule has 8 heteroatoms. The number of benzene rings is 2. The van der Waals surface area contributed by atoms with Gasteiger partial charge in [-0.2, -0.15) is 0 Å². The quantitative estimate of drug-likeness (QED) is 0.836. The maximum atomic E-state index is 13.3. The van der Waals surface area contributed by atoms with Gasteiger partial charge in [0.05, 0.1) is 30.4 Å². The Labute approximate surface area is 139 Å². The number of nitrogens with one attached hydrogen (secondary N) is 1. The Bertz CT molecular complexity index is 880. The molecule has 0 radical (unpaired) electrons. The van der Waals surface area contributed by atoms with Crippen molar-refractivity contribution in [2.24, 2.45) is 0 Å². The summed E-state index contributed by atoms with van der Waals surface area (Å²) in [5, 5.41) is 0. The number of methoxy groups -OCH3 is 2. The Morgan fingerprint density at radius 1 is 1.12 bits per heavy atom. The minimum Gasteiger partial charge on any atom is -0.495 e. The number of sulfonamides is 1. The van der Waals surface area contributed by atoms with Gasteiger partial charge < -0.3 is 9.47 Å². The lowest BCUT2D eigenvalue weighted by molar-refractivity contribution is 0.0600. The van der Waals surface area contributed by atoms with Crippen LogP contribution in [0.25, 0.3) is 0 Å². The molecule has 0 saturated carbocycles. The first kappa shape index (κ1) is 17.7. The molecule has 0 bridgehead atoms. The molecule has 0 aliphatic carbocycles. The molecule has 24 heavy (non-hydrogen) atoms. The standard InChI is InChI=1S/C16H16FNO5S/c1-10-8-12(5-6-13(10)17)24(20,21)18-14-9-11(16(19)23-3)4-7-15(14)22-2/h4-9,18H,1-3H3. The van der Waals surface area contributed by atoms with Gasteiger partial charge in [0, 0.05) is 0 Å². The van der Waals surface area contributed by atoms with E-state index in [1.807, 2.05) is 0 Å². The van der Waals surface area contributed by atoms with Crippen LogP contribution < -0.4 is 9.46 Å². The Kier molecular flexibility index (Phi) is 5.08. The summed E-state index contributed by atoms with van der Waals surface area (Å²) in [6.07, 6.45) is 0. The van der Waals surface area contributed by atoms with Gasteiger partial charge in [-0.15, -0.1) is 0 Å². The second kappa shape index (κ2) is 6.88. The molecule has 0 aromatic heterocycles. The molecule has 0 unspecified atom stereocenters. The molecule has 1 N–H and O–H groups in total. The van der Waals surface area contributed by atoms with Gasteiger partial charge in [-0.05, 0) is 48.9 Å². The number of hydrogen-bond acceptors (Lipinski definition) is 5. The summed E-state index contributed by atoms with van der Waals surface area (Å²) < 4.78 is 50.3. The minimum atomic E-state index is -3.98. The van der Waals surface area contributed by atoms with Crippen molar-refractivity contribution in [3.63, 3.8) is 0 Å². The Hall–Kier alpha value is -2.61. The molecule has 0 spiro atoms. The highest BCUT2D eigenvalue weighted by atomic mass is 32.2. The molecule has 6 nitrogen and oxygen atoms in total. The lowest BCUT2D eigenvalue weighted by Crippen LogP contribution is -2.15. The van der Waals surface area contributed by atoms with Crippen LogP contribution in [0, 0.1) is 12.7 Å². The van der Waals surface area contributed by atoms with E-state index in [1.165, 1.54) is 45.4 Å². The molecule has 0 heterocycles. The van der Waals surface area contributed by atoms with Crippen LogP contribution in [0.15, 0.2) is 41.3 Å². The van der Waals surface area contributed by atoms with Crippen LogP contribution in [0.5, 0.6) is 5.75 Å². The van der Waals surface area contributed by atoms with Crippen LogP contribution in [-0.4, -0.2) is 28.6 Å². The Morgan fingerprint density at radius 2 is 1.83 bits per heavy atom. The maximum Gasteiger partial charge on any atom is 0.337 e. The average Bonchev–Trinajstić information content (AvgIpc) is 2.56. The molecule has 2 rings (SSSR count). The predicted octanol–water partition coefficient (Wildman–Crippen LogP) is 2.73. The number of ether oxygens (including phenoxy) is 2. The fourth-order valence-corrected chi connectivity index (χ4v) is 3.17. The van der Waals surface area contributed by atoms with E-state index < -0.39 is 21.8 Å². The van der Waals surface area contributed by atoms with E-state index in [0.29, 0.717) is 0 Å². The monoisotopic (exact) mass is 353 g/mol. The van der Waals surface area contributed by atoms with Crippen LogP contribution in [0.3, 0.4) is 0 Å². The van der Waals surface area contributed by atoms with Crippen molar-refractivity contribution in [3.05, 3.63) is 53.3 Å². The van der Waals surface area contributed by atoms with Crippen molar-refractivity contribution in [1.29, 1.82) is 0 Å². The van der Waals surface area contributed by atoms with Crippen LogP contribution in [0.1, 0.15) is 15.9 Å². The number of anilines is 1. The summed E-state index contributed by atoms with van der Waals surface area (Å²) in [5.74, 6) is -0.889. The Balaban J connectivity index is 2.44. The number of esters is 1. The molecular weight excluding hydrogens is 337 g/mol. The van der Waals surface area contributed by atoms with E-state index in [1.54, 1.807) is 0 Å². The number of rotatable bonds is 5. The SMILES string of the molecule is COC(=O)c1ccc(OC)c(NS(=O)(=O)c2ccc(F)c(C)c2)c1. The van der Waals surface area contributed by atoms with Gasteiger partial charge >= 0.3 is 5.97 Å². The summed E-state index contributed by atoms with van der Waals surface area (Å²) in [4.78, 5) is 11.5. The average molecular weight is 353 g/mol. The van der Waals surface area contributed by atoms with Crippen LogP contribution in [0.2, 0.25) is 0 Å². The largest absolute Gasteiger partial charge is 0.495 e. The number of aryl methyl sites for hydroxylation is 1. The third-order valence-corrected chi connectivity index (χ3v) is 4.67. The van der Waals surface area contributed by atoms with Crippen LogP contribution in [-0.2, 0) is 14.8 Å². The number of carbonyl (C=O) groups is 1. The van der Waals surface area contributed by atoms with Gasteiger partial charge in [-0.3, -0.25) is 4.72 Å². The molecule has 2 aromatic rings. The fourth-order valence-electron chi connectivity index (χ4n) is 2.02. The highest BCUT2D eigenvalue weighted by Crippen LogP contribution is 2.28. The van der Waals surface area contributed by atoms with Crippen molar-refractivity contribution in [1.82, 2.24) is 0 Å². The summed E-state index contributed by atoms with van der Waals surface area (Å²) in [7, 11) is -1.40. The molecule has 0 saturated heterocycles. The highest BCUT2D eigenvalue weighted by molar-refractivity contribution is 7.92. The van der Waals surface area contributed by atoms with Crippen molar-refractivity contribution < 1.29 is 27.1 Å². The molecule has 0 aliphatic heterocycles. The van der Waals surface area contributed by atoms with Gasteiger partial charge in [0.15, 0.2) is 0 Å². The van der Waals surface area contributed by atoms with Crippen LogP contribution in [0.4, 0.5) is 10.1 Å². The van der Waals surface area contributed by atoms with Gasteiger partial charge in [0.25, 0.3) is 10.0 Å². The fraction of sp³-hybridized carbons (Fsp3) is 0.188. The van der Waals surface area contributed by atoms with Gasteiger partial charge in [0.1, 0.15) is 11.6 Å². The summed E-state index contributed by atoms with van der Waals surface area (Å²) >= 11 is 0. The molecule has 128 valence electrons. The zero-order valence-electron chi connectivity index (χ0n) is 13.3. The molecular formula is C16H16FNO5S. The van der Waals surface area contributed by atoms with E-state index in [-0.39, 0.29) is 27.5 Å². The maximum absolute atomic E-state index is 13.3. The van der Waals surface area contributed by atoms with Gasteiger partial charge in [0.2, 0.25) is 0 Å². The molecule has 0 aliphatic rings. The second-order valence-corrected chi connectivity index (χ2v) is 6.61. The van der Waals surface area contributed by atoms with E-state index in [4.69, 9.17) is 4.74 Å². The van der Waals surface area contributed by atoms with Gasteiger partial charge in [-0.25, -0.2) is 17.6 Å². The van der Waals surface area contributed by atoms with Gasteiger partial charge in [-0.1, -0.05) is 0 Å². The highest BCUT2D eigenvalue weighted by Gasteiger charge is 2.19. The molecule has 0 atom stereocenters. The van der Waals surface area contributed by atoms with Crippen LogP contribution >= 0.6 is 0 Å². The molecule has 0 fully saturated rings. The smallest absolute Gasteiger partial charge is 0.337 e. The number of hydrogen-bond donors (Lipinski definition) is 1. The Morgan fingerprint density at radius 3 is 2.42 bits per heavy atom. The van der Waals surface area contributed by atoms with Crippen molar-refractivity contribution in [2.75, 3.05) is 18.9 Å². The van der Waals surface area contributed by atoms with Crippen molar-refractivity contribution >= 4 is 21.7 Å². The minimum absolute atomic E-state index is 0.0716. The van der Waals surface area contributed by atoms with E-state index >= 15 is 0 Å². The van der Waals surface area contributed by atoms with E-state index in [9.17, 15) is 17.6 Å². The summed E-state index contributed by atoms with van der Waals surface area (Å²) in [6, 6.07) is 7.64. The van der Waals surface area contributed by atoms with Crippen molar-refractivity contribution in [3.8, 4) is 5.75 Å². The topological polar surface area (TPSA) is 81.7 Å². The predicted molar refractivity (Wildman–Crippen MR) is 86.3 cm³/mol. The normalized spacial score (nSPS) is 11.0. The first-order valence-corrected chi connectivity index (χ1v) is 8.32. The zero-order chi connectivity index (χ0) is 17.9. The third kappa shape index (κ3) is 3.65. The molecule has 2 aromatic carbocycles. The number of carbonyl (C=O) groups excluding carboxylic acids is 1. The second-order valence-electron chi connectivity index (χ2n) is 4.92. The van der Waals surface area contributed by atoms with Crippen molar-refractivity contribution in [2.45, 2.75) is 11.8 Å².